The van der Waals surface area contributed by atoms with Crippen molar-refractivity contribution in [2.75, 3.05) is 5.32 Å². The number of amides is 1. The fraction of sp³-hybridized carbons (Fsp3) is 0. The Morgan fingerprint density at radius 1 is 1.35 bits per heavy atom. The van der Waals surface area contributed by atoms with Crippen LogP contribution < -0.4 is 5.32 Å². The maximum atomic E-state index is 11.9. The zero-order valence-corrected chi connectivity index (χ0v) is 11.9. The highest BCUT2D eigenvalue weighted by atomic mass is 35.5. The van der Waals surface area contributed by atoms with Gasteiger partial charge >= 0.3 is 5.00 Å². The Balaban J connectivity index is 2.25. The van der Waals surface area contributed by atoms with Crippen molar-refractivity contribution in [3.05, 3.63) is 49.3 Å². The average Bonchev–Trinajstić information content (AvgIpc) is 2.85. The van der Waals surface area contributed by atoms with Gasteiger partial charge in [-0.25, -0.2) is 0 Å². The van der Waals surface area contributed by atoms with E-state index in [0.29, 0.717) is 0 Å². The van der Waals surface area contributed by atoms with E-state index in [9.17, 15) is 20.0 Å². The fourth-order valence-electron chi connectivity index (χ4n) is 1.39. The molecule has 0 atom stereocenters. The Labute approximate surface area is 126 Å². The van der Waals surface area contributed by atoms with Gasteiger partial charge in [-0.05, 0) is 18.2 Å². The average molecular weight is 333 g/mol. The van der Waals surface area contributed by atoms with Crippen LogP contribution in [0.25, 0.3) is 0 Å². The number of nitrogens with one attached hydrogen (secondary N) is 1. The van der Waals surface area contributed by atoms with Gasteiger partial charge in [0.1, 0.15) is 0 Å². The van der Waals surface area contributed by atoms with Gasteiger partial charge in [0, 0.05) is 11.1 Å². The number of carbonyl (C=O) groups is 1. The molecule has 1 aromatic heterocycles. The number of nitrogens with zero attached hydrogens (tertiary/aromatic N) is 1. The predicted octanol–water partition coefficient (Wildman–Crippen LogP) is 3.92. The number of phenolic OH excluding ortho intramolecular Hbond substituents is 1. The van der Waals surface area contributed by atoms with Crippen LogP contribution in [0.1, 0.15) is 9.67 Å². The molecule has 0 spiro atoms. The number of rotatable bonds is 3. The molecule has 2 N–H and O–H groups in total. The molecule has 0 radical (unpaired) electrons. The molecule has 1 heterocycles. The third-order valence-electron chi connectivity index (χ3n) is 2.27. The molecule has 0 aliphatic heterocycles. The van der Waals surface area contributed by atoms with E-state index in [-0.39, 0.29) is 31.4 Å². The molecule has 2 aromatic rings. The molecular formula is C11H6Cl2N2O4S. The predicted molar refractivity (Wildman–Crippen MR) is 77.1 cm³/mol. The van der Waals surface area contributed by atoms with Crippen molar-refractivity contribution in [3.8, 4) is 5.75 Å². The molecule has 1 amide bonds. The molecule has 1 aromatic carbocycles. The Kier molecular flexibility index (Phi) is 4.12. The van der Waals surface area contributed by atoms with Crippen LogP contribution in [0.2, 0.25) is 10.0 Å². The van der Waals surface area contributed by atoms with E-state index in [1.54, 1.807) is 0 Å². The second kappa shape index (κ2) is 5.66. The lowest BCUT2D eigenvalue weighted by molar-refractivity contribution is -0.380. The van der Waals surface area contributed by atoms with Crippen LogP contribution in [0.4, 0.5) is 10.7 Å². The van der Waals surface area contributed by atoms with Gasteiger partial charge in [-0.2, -0.15) is 0 Å². The van der Waals surface area contributed by atoms with E-state index in [4.69, 9.17) is 23.2 Å². The van der Waals surface area contributed by atoms with Crippen molar-refractivity contribution in [1.29, 1.82) is 0 Å². The van der Waals surface area contributed by atoms with Gasteiger partial charge in [-0.15, -0.1) is 0 Å². The summed E-state index contributed by atoms with van der Waals surface area (Å²) in [6, 6.07) is 5.19. The minimum atomic E-state index is -0.600. The number of nitro groups is 1. The van der Waals surface area contributed by atoms with Crippen LogP contribution >= 0.6 is 34.5 Å². The Hall–Kier alpha value is -1.83. The van der Waals surface area contributed by atoms with E-state index in [1.165, 1.54) is 24.3 Å². The molecule has 0 saturated heterocycles. The quantitative estimate of drug-likeness (QED) is 0.506. The third-order valence-corrected chi connectivity index (χ3v) is 3.81. The molecule has 104 valence electrons. The van der Waals surface area contributed by atoms with Crippen LogP contribution in [0.15, 0.2) is 24.3 Å². The second-order valence-electron chi connectivity index (χ2n) is 3.63. The highest BCUT2D eigenvalue weighted by molar-refractivity contribution is 7.17. The molecule has 0 unspecified atom stereocenters. The Morgan fingerprint density at radius 3 is 2.65 bits per heavy atom. The van der Waals surface area contributed by atoms with E-state index in [0.717, 1.165) is 11.3 Å². The standard InChI is InChI=1S/C11H6Cl2N2O4S/c12-5-3-6(13)10(16)7(4-5)14-11(17)8-1-2-9(20-8)15(18)19/h1-4,16H,(H,14,17). The summed E-state index contributed by atoms with van der Waals surface area (Å²) in [6.45, 7) is 0. The number of phenols is 1. The third kappa shape index (κ3) is 3.01. The lowest BCUT2D eigenvalue weighted by Crippen LogP contribution is -2.10. The number of benzene rings is 1. The van der Waals surface area contributed by atoms with E-state index in [1.807, 2.05) is 0 Å². The van der Waals surface area contributed by atoms with Crippen LogP contribution in [-0.2, 0) is 0 Å². The molecule has 9 heteroatoms. The van der Waals surface area contributed by atoms with Gasteiger partial charge in [0.2, 0.25) is 0 Å². The first-order valence-electron chi connectivity index (χ1n) is 5.12. The van der Waals surface area contributed by atoms with Gasteiger partial charge in [0.15, 0.2) is 5.75 Å². The highest BCUT2D eigenvalue weighted by Crippen LogP contribution is 2.35. The minimum Gasteiger partial charge on any atom is -0.504 e. The van der Waals surface area contributed by atoms with Crippen LogP contribution in [0, 0.1) is 10.1 Å². The summed E-state index contributed by atoms with van der Waals surface area (Å²) in [5.41, 5.74) is 0.0311. The maximum absolute atomic E-state index is 11.9. The number of halogens is 2. The zero-order valence-electron chi connectivity index (χ0n) is 9.59. The number of hydrogen-bond donors (Lipinski definition) is 2. The minimum absolute atomic E-state index is 0.00930. The van der Waals surface area contributed by atoms with E-state index in [2.05, 4.69) is 5.32 Å². The monoisotopic (exact) mass is 332 g/mol. The van der Waals surface area contributed by atoms with E-state index >= 15 is 0 Å². The van der Waals surface area contributed by atoms with Crippen LogP contribution in [-0.4, -0.2) is 15.9 Å². The molecule has 2 rings (SSSR count). The smallest absolute Gasteiger partial charge is 0.324 e. The van der Waals surface area contributed by atoms with E-state index < -0.39 is 10.8 Å². The number of carbonyl (C=O) groups excluding carboxylic acids is 1. The van der Waals surface area contributed by atoms with Gasteiger partial charge < -0.3 is 10.4 Å². The number of anilines is 1. The number of aromatic hydroxyl groups is 1. The number of hydrogen-bond acceptors (Lipinski definition) is 5. The molecular weight excluding hydrogens is 327 g/mol. The topological polar surface area (TPSA) is 92.5 Å². The van der Waals surface area contributed by atoms with Crippen molar-refractivity contribution in [1.82, 2.24) is 0 Å². The summed E-state index contributed by atoms with van der Waals surface area (Å²) in [4.78, 5) is 22.0. The van der Waals surface area contributed by atoms with Gasteiger partial charge in [-0.3, -0.25) is 14.9 Å². The molecule has 0 aliphatic rings. The largest absolute Gasteiger partial charge is 0.504 e. The Bertz CT molecular complexity index is 702. The lowest BCUT2D eigenvalue weighted by atomic mass is 10.3. The zero-order chi connectivity index (χ0) is 14.9. The first kappa shape index (κ1) is 14.6. The Morgan fingerprint density at radius 2 is 2.05 bits per heavy atom. The molecule has 20 heavy (non-hydrogen) atoms. The summed E-state index contributed by atoms with van der Waals surface area (Å²) < 4.78 is 0. The molecule has 0 bridgehead atoms. The summed E-state index contributed by atoms with van der Waals surface area (Å²) in [7, 11) is 0. The molecule has 0 aliphatic carbocycles. The summed E-state index contributed by atoms with van der Waals surface area (Å²) >= 11 is 12.2. The van der Waals surface area contributed by atoms with Crippen molar-refractivity contribution in [2.45, 2.75) is 0 Å². The molecule has 0 saturated carbocycles. The molecule has 6 nitrogen and oxygen atoms in total. The van der Waals surface area contributed by atoms with Gasteiger partial charge in [-0.1, -0.05) is 34.5 Å². The van der Waals surface area contributed by atoms with Crippen molar-refractivity contribution in [3.63, 3.8) is 0 Å². The first-order valence-corrected chi connectivity index (χ1v) is 6.69. The summed E-state index contributed by atoms with van der Waals surface area (Å²) in [6.07, 6.45) is 0. The fourth-order valence-corrected chi connectivity index (χ4v) is 2.60. The molecule has 0 fully saturated rings. The van der Waals surface area contributed by atoms with Crippen molar-refractivity contribution >= 4 is 51.1 Å². The maximum Gasteiger partial charge on any atom is 0.324 e. The normalized spacial score (nSPS) is 10.3. The van der Waals surface area contributed by atoms with Crippen molar-refractivity contribution < 1.29 is 14.8 Å². The second-order valence-corrected chi connectivity index (χ2v) is 5.54. The lowest BCUT2D eigenvalue weighted by Gasteiger charge is -2.08. The van der Waals surface area contributed by atoms with Crippen LogP contribution in [0.3, 0.4) is 0 Å². The first-order chi connectivity index (χ1) is 9.38. The summed E-state index contributed by atoms with van der Waals surface area (Å²) in [5.74, 6) is -0.924. The highest BCUT2D eigenvalue weighted by Gasteiger charge is 2.17. The van der Waals surface area contributed by atoms with Crippen LogP contribution in [0.5, 0.6) is 5.75 Å². The summed E-state index contributed by atoms with van der Waals surface area (Å²) in [5, 5.41) is 22.7. The number of thiophene rings is 1. The van der Waals surface area contributed by atoms with Crippen molar-refractivity contribution in [2.24, 2.45) is 0 Å². The SMILES string of the molecule is O=C(Nc1cc(Cl)cc(Cl)c1O)c1ccc([N+](=O)[O-])s1. The van der Waals surface area contributed by atoms with Gasteiger partial charge in [0.25, 0.3) is 5.91 Å². The van der Waals surface area contributed by atoms with Gasteiger partial charge in [0.05, 0.1) is 20.5 Å².